The molecule has 3 aliphatic heterocycles. The number of piperazine rings is 1. The Hall–Kier alpha value is -3.91. The predicted octanol–water partition coefficient (Wildman–Crippen LogP) is 4.90. The van der Waals surface area contributed by atoms with Crippen LogP contribution in [0.15, 0.2) is 48.6 Å². The number of ether oxygens (including phenoxy) is 1. The number of likely N-dealkylation sites (N-methyl/N-ethyl adjacent to an activating group) is 2. The van der Waals surface area contributed by atoms with Crippen LogP contribution >= 0.6 is 11.6 Å². The summed E-state index contributed by atoms with van der Waals surface area (Å²) < 4.78 is 6.35. The Bertz CT molecular complexity index is 1730. The number of rotatable bonds is 10. The number of nitrogens with zero attached hydrogens (tertiary/aromatic N) is 8. The molecule has 2 saturated heterocycles. The summed E-state index contributed by atoms with van der Waals surface area (Å²) in [6.45, 7) is 9.32. The molecule has 2 aromatic carbocycles. The van der Waals surface area contributed by atoms with Gasteiger partial charge in [-0.1, -0.05) is 42.4 Å². The van der Waals surface area contributed by atoms with Crippen molar-refractivity contribution in [1.82, 2.24) is 24.7 Å². The van der Waals surface area contributed by atoms with Gasteiger partial charge in [-0.3, -0.25) is 9.69 Å². The number of amides is 1. The quantitative estimate of drug-likeness (QED) is 0.280. The molecule has 0 spiro atoms. The number of anilines is 2. The molecule has 3 fully saturated rings. The third-order valence-electron chi connectivity index (χ3n) is 10.6. The molecule has 0 N–H and O–H groups in total. The molecule has 0 radical (unpaired) electrons. The molecule has 4 aliphatic rings. The Morgan fingerprint density at radius 3 is 2.65 bits per heavy atom. The maximum atomic E-state index is 13.6. The Kier molecular flexibility index (Phi) is 9.45. The molecule has 2 atom stereocenters. The molecule has 0 bridgehead atoms. The van der Waals surface area contributed by atoms with Gasteiger partial charge in [-0.2, -0.15) is 15.2 Å². The zero-order chi connectivity index (χ0) is 33.4. The van der Waals surface area contributed by atoms with Crippen molar-refractivity contribution in [2.45, 2.75) is 63.2 Å². The fourth-order valence-electron chi connectivity index (χ4n) is 7.63. The molecule has 4 heterocycles. The molecule has 1 amide bonds. The largest absolute Gasteiger partial charge is 0.462 e. The van der Waals surface area contributed by atoms with Crippen LogP contribution in [0.4, 0.5) is 11.5 Å². The number of benzene rings is 2. The number of hydrogen-bond donors (Lipinski definition) is 0. The number of halogens is 1. The first-order valence-corrected chi connectivity index (χ1v) is 17.6. The first-order valence-electron chi connectivity index (χ1n) is 17.3. The average molecular weight is 669 g/mol. The monoisotopic (exact) mass is 668 g/mol. The highest BCUT2D eigenvalue weighted by Gasteiger charge is 2.36. The zero-order valence-corrected chi connectivity index (χ0v) is 28.8. The normalized spacial score (nSPS) is 21.4. The lowest BCUT2D eigenvalue weighted by molar-refractivity contribution is -0.130. The highest BCUT2D eigenvalue weighted by molar-refractivity contribution is 6.36. The van der Waals surface area contributed by atoms with Crippen LogP contribution in [-0.2, 0) is 17.8 Å². The predicted molar refractivity (Wildman–Crippen MR) is 190 cm³/mol. The van der Waals surface area contributed by atoms with Gasteiger partial charge in [0.1, 0.15) is 12.4 Å². The van der Waals surface area contributed by atoms with Gasteiger partial charge in [-0.05, 0) is 70.3 Å². The first-order chi connectivity index (χ1) is 23.3. The van der Waals surface area contributed by atoms with Crippen molar-refractivity contribution in [3.8, 4) is 12.1 Å². The Morgan fingerprint density at radius 2 is 1.90 bits per heavy atom. The minimum atomic E-state index is -0.265. The van der Waals surface area contributed by atoms with Crippen molar-refractivity contribution < 1.29 is 9.53 Å². The second kappa shape index (κ2) is 13.9. The topological polar surface area (TPSA) is 92.1 Å². The van der Waals surface area contributed by atoms with E-state index >= 15 is 0 Å². The van der Waals surface area contributed by atoms with Crippen LogP contribution in [0.5, 0.6) is 6.01 Å². The summed E-state index contributed by atoms with van der Waals surface area (Å²) in [7, 11) is 4.20. The van der Waals surface area contributed by atoms with Gasteiger partial charge in [-0.15, -0.1) is 0 Å². The van der Waals surface area contributed by atoms with Crippen molar-refractivity contribution in [3.63, 3.8) is 0 Å². The van der Waals surface area contributed by atoms with Gasteiger partial charge < -0.3 is 24.3 Å². The highest BCUT2D eigenvalue weighted by Crippen LogP contribution is 2.37. The second-order valence-corrected chi connectivity index (χ2v) is 14.2. The molecule has 1 aromatic heterocycles. The Balaban J connectivity index is 1.16. The number of fused-ring (bicyclic) bond motifs is 2. The number of aromatic nitrogens is 2. The van der Waals surface area contributed by atoms with E-state index in [4.69, 9.17) is 26.3 Å². The van der Waals surface area contributed by atoms with Gasteiger partial charge in [-0.25, -0.2) is 0 Å². The van der Waals surface area contributed by atoms with E-state index < -0.39 is 0 Å². The molecule has 48 heavy (non-hydrogen) atoms. The van der Waals surface area contributed by atoms with Crippen molar-refractivity contribution in [1.29, 1.82) is 5.26 Å². The van der Waals surface area contributed by atoms with E-state index in [1.165, 1.54) is 12.8 Å². The molecule has 11 heteroatoms. The average Bonchev–Trinajstić information content (AvgIpc) is 3.87. The number of nitriles is 1. The summed E-state index contributed by atoms with van der Waals surface area (Å²) >= 11 is 6.74. The van der Waals surface area contributed by atoms with Crippen LogP contribution in [0.25, 0.3) is 10.8 Å². The van der Waals surface area contributed by atoms with Crippen LogP contribution in [0.2, 0.25) is 5.02 Å². The molecular weight excluding hydrogens is 624 g/mol. The Labute approximate surface area is 288 Å². The fraction of sp³-hybridized carbons (Fsp3) is 0.514. The van der Waals surface area contributed by atoms with Crippen molar-refractivity contribution in [2.24, 2.45) is 0 Å². The van der Waals surface area contributed by atoms with Gasteiger partial charge >= 0.3 is 6.01 Å². The van der Waals surface area contributed by atoms with Crippen molar-refractivity contribution >= 4 is 39.8 Å². The summed E-state index contributed by atoms with van der Waals surface area (Å²) in [5.41, 5.74) is 3.72. The molecule has 3 aromatic rings. The van der Waals surface area contributed by atoms with E-state index in [0.717, 1.165) is 70.9 Å². The van der Waals surface area contributed by atoms with Crippen molar-refractivity contribution in [3.05, 3.63) is 64.8 Å². The third-order valence-corrected chi connectivity index (χ3v) is 10.9. The molecule has 7 rings (SSSR count). The molecule has 0 unspecified atom stereocenters. The molecule has 1 aliphatic carbocycles. The summed E-state index contributed by atoms with van der Waals surface area (Å²) in [4.78, 5) is 34.7. The van der Waals surface area contributed by atoms with Gasteiger partial charge in [0.2, 0.25) is 0 Å². The Morgan fingerprint density at radius 1 is 1.08 bits per heavy atom. The summed E-state index contributed by atoms with van der Waals surface area (Å²) in [5, 5.41) is 12.7. The minimum Gasteiger partial charge on any atom is -0.462 e. The van der Waals surface area contributed by atoms with E-state index in [1.54, 1.807) is 0 Å². The van der Waals surface area contributed by atoms with Crippen molar-refractivity contribution in [2.75, 3.05) is 69.8 Å². The second-order valence-electron chi connectivity index (χ2n) is 13.8. The molecule has 10 nitrogen and oxygen atoms in total. The number of likely N-dealkylation sites (tertiary alicyclic amines) is 1. The number of carbonyl (C=O) groups is 1. The van der Waals surface area contributed by atoms with Crippen LogP contribution in [0.1, 0.15) is 43.4 Å². The molecular formula is C37H45ClN8O2. The maximum Gasteiger partial charge on any atom is 0.318 e. The van der Waals surface area contributed by atoms with Crippen LogP contribution in [0.3, 0.4) is 0 Å². The summed E-state index contributed by atoms with van der Waals surface area (Å²) in [6.07, 6.45) is 5.60. The lowest BCUT2D eigenvalue weighted by atomic mass is 10.0. The maximum absolute atomic E-state index is 13.6. The third kappa shape index (κ3) is 6.69. The zero-order valence-electron chi connectivity index (χ0n) is 28.1. The van der Waals surface area contributed by atoms with E-state index in [1.807, 2.05) is 17.0 Å². The van der Waals surface area contributed by atoms with E-state index in [-0.39, 0.29) is 18.4 Å². The smallest absolute Gasteiger partial charge is 0.318 e. The minimum absolute atomic E-state index is 0.0544. The SMILES string of the molecule is C=C(CN(C)C1CC1)C(=O)N1CCN(c2nc(OC[C@@H]3CCCN3C)nc3c2CCN(c2cccc4cccc(Cl)c24)C3)C[C@@H]1CC#N. The first kappa shape index (κ1) is 32.6. The highest BCUT2D eigenvalue weighted by atomic mass is 35.5. The van der Waals surface area contributed by atoms with Gasteiger partial charge in [0.15, 0.2) is 0 Å². The van der Waals surface area contributed by atoms with E-state index in [2.05, 4.69) is 70.6 Å². The van der Waals surface area contributed by atoms with Crippen LogP contribution in [0, 0.1) is 11.3 Å². The number of carbonyl (C=O) groups excluding carboxylic acids is 1. The van der Waals surface area contributed by atoms with Gasteiger partial charge in [0.25, 0.3) is 5.91 Å². The van der Waals surface area contributed by atoms with Crippen LogP contribution in [-0.4, -0.2) is 109 Å². The lowest BCUT2D eigenvalue weighted by Gasteiger charge is -2.43. The fourth-order valence-corrected chi connectivity index (χ4v) is 7.91. The summed E-state index contributed by atoms with van der Waals surface area (Å²) in [6, 6.07) is 15.7. The van der Waals surface area contributed by atoms with Crippen LogP contribution < -0.4 is 14.5 Å². The molecule has 252 valence electrons. The van der Waals surface area contributed by atoms with Gasteiger partial charge in [0, 0.05) is 67.0 Å². The van der Waals surface area contributed by atoms with E-state index in [0.29, 0.717) is 63.0 Å². The lowest BCUT2D eigenvalue weighted by Crippen LogP contribution is -2.56. The van der Waals surface area contributed by atoms with E-state index in [9.17, 15) is 10.1 Å². The number of hydrogen-bond acceptors (Lipinski definition) is 9. The summed E-state index contributed by atoms with van der Waals surface area (Å²) in [5.74, 6) is 0.800. The standard InChI is InChI=1S/C37H45ClN8O2/c1-25(21-43(3)27-12-13-27)36(47)46-20-19-45(22-28(46)14-16-39)35-30-15-18-44(33-11-5-8-26-7-4-10-31(38)34(26)33)23-32(30)40-37(41-35)48-24-29-9-6-17-42(29)2/h4-5,7-8,10-11,27-29H,1,6,9,12-15,17-24H2,2-3H3/t28-,29-/m0/s1. The van der Waals surface area contributed by atoms with Gasteiger partial charge in [0.05, 0.1) is 35.8 Å². The molecule has 1 saturated carbocycles.